The average molecular weight is 438 g/mol. The van der Waals surface area contributed by atoms with Gasteiger partial charge in [-0.1, -0.05) is 44.2 Å². The molecule has 1 N–H and O–H groups in total. The summed E-state index contributed by atoms with van der Waals surface area (Å²) in [7, 11) is 0. The normalized spacial score (nSPS) is 19.4. The Morgan fingerprint density at radius 2 is 1.81 bits per heavy atom. The van der Waals surface area contributed by atoms with Crippen molar-refractivity contribution in [3.05, 3.63) is 88.0 Å². The molecule has 0 fully saturated rings. The molecule has 32 heavy (non-hydrogen) atoms. The number of anilines is 1. The lowest BCUT2D eigenvalue weighted by Crippen LogP contribution is -2.33. The molecule has 5 heteroatoms. The van der Waals surface area contributed by atoms with E-state index in [1.807, 2.05) is 12.1 Å². The molecule has 158 valence electrons. The van der Waals surface area contributed by atoms with Crippen molar-refractivity contribution in [3.8, 4) is 11.1 Å². The number of benzene rings is 2. The number of thiophene rings is 1. The van der Waals surface area contributed by atoms with E-state index in [1.165, 1.54) is 16.0 Å². The van der Waals surface area contributed by atoms with E-state index in [2.05, 4.69) is 65.9 Å². The fraction of sp³-hybridized carbons (Fsp3) is 0.222. The van der Waals surface area contributed by atoms with Crippen molar-refractivity contribution in [2.24, 2.45) is 5.41 Å². The molecule has 2 aromatic heterocycles. The highest BCUT2D eigenvalue weighted by Crippen LogP contribution is 2.51. The van der Waals surface area contributed by atoms with Crippen molar-refractivity contribution >= 4 is 33.8 Å². The highest BCUT2D eigenvalue weighted by Gasteiger charge is 2.42. The largest absolute Gasteiger partial charge is 0.358 e. The third-order valence-corrected chi connectivity index (χ3v) is 7.47. The molecule has 0 saturated heterocycles. The smallest absolute Gasteiger partial charge is 0.162 e. The second kappa shape index (κ2) is 7.10. The predicted octanol–water partition coefficient (Wildman–Crippen LogP) is 6.56. The minimum absolute atomic E-state index is 0.0493. The van der Waals surface area contributed by atoms with Gasteiger partial charge in [-0.15, -0.1) is 11.3 Å². The zero-order valence-corrected chi connectivity index (χ0v) is 18.9. The van der Waals surface area contributed by atoms with Gasteiger partial charge in [-0.2, -0.15) is 0 Å². The van der Waals surface area contributed by atoms with Gasteiger partial charge in [-0.3, -0.25) is 14.8 Å². The number of rotatable bonds is 2. The first-order chi connectivity index (χ1) is 15.5. The van der Waals surface area contributed by atoms with Crippen LogP contribution in [0, 0.1) is 5.41 Å². The van der Waals surface area contributed by atoms with E-state index >= 15 is 0 Å². The average Bonchev–Trinajstić information content (AvgIpc) is 3.27. The summed E-state index contributed by atoms with van der Waals surface area (Å²) in [4.78, 5) is 23.9. The molecule has 6 rings (SSSR count). The van der Waals surface area contributed by atoms with Gasteiger partial charge in [0.25, 0.3) is 0 Å². The van der Waals surface area contributed by atoms with Crippen LogP contribution < -0.4 is 5.32 Å². The number of nitrogens with one attached hydrogen (secondary N) is 1. The molecule has 1 aliphatic heterocycles. The van der Waals surface area contributed by atoms with Crippen LogP contribution in [0.15, 0.2) is 77.6 Å². The minimum atomic E-state index is -0.132. The maximum absolute atomic E-state index is 13.5. The minimum Gasteiger partial charge on any atom is -0.358 e. The molecule has 0 amide bonds. The van der Waals surface area contributed by atoms with Crippen LogP contribution in [0.1, 0.15) is 43.0 Å². The van der Waals surface area contributed by atoms with Crippen molar-refractivity contribution in [1.82, 2.24) is 9.97 Å². The molecule has 1 aliphatic carbocycles. The van der Waals surface area contributed by atoms with E-state index in [9.17, 15) is 4.79 Å². The number of nitrogens with zero attached hydrogens (tertiary/aromatic N) is 2. The van der Waals surface area contributed by atoms with Crippen LogP contribution in [0.2, 0.25) is 0 Å². The first-order valence-corrected chi connectivity index (χ1v) is 11.8. The number of fused-ring (bicyclic) bond motifs is 3. The van der Waals surface area contributed by atoms with E-state index < -0.39 is 0 Å². The number of ketones is 1. The number of carbonyl (C=O) groups is 1. The van der Waals surface area contributed by atoms with E-state index in [0.717, 1.165) is 40.0 Å². The molecule has 1 unspecified atom stereocenters. The number of allylic oxidation sites excluding steroid dienone is 2. The second-order valence-electron chi connectivity index (χ2n) is 9.45. The zero-order valence-electron chi connectivity index (χ0n) is 18.1. The monoisotopic (exact) mass is 437 g/mol. The molecule has 0 radical (unpaired) electrons. The Kier molecular flexibility index (Phi) is 4.30. The van der Waals surface area contributed by atoms with Crippen molar-refractivity contribution in [3.63, 3.8) is 0 Å². The van der Waals surface area contributed by atoms with Crippen molar-refractivity contribution in [2.45, 2.75) is 32.6 Å². The van der Waals surface area contributed by atoms with Crippen LogP contribution in [-0.2, 0) is 4.79 Å². The molecule has 3 heterocycles. The van der Waals surface area contributed by atoms with Gasteiger partial charge in [0, 0.05) is 46.2 Å². The molecule has 0 spiro atoms. The molecule has 1 atom stereocenters. The van der Waals surface area contributed by atoms with Gasteiger partial charge in [0.2, 0.25) is 0 Å². The molecule has 0 bridgehead atoms. The standard InChI is InChI=1S/C27H23N3OS/c1-27(2)13-20-23(21(31)14-27)25(22-12-17(15-32-22)16-6-4-3-5-7-16)24-18(30-20)8-9-19-26(24)29-11-10-28-19/h3-12,15,25,30H,13-14H2,1-2H3. The lowest BCUT2D eigenvalue weighted by Gasteiger charge is -2.39. The van der Waals surface area contributed by atoms with Crippen LogP contribution >= 0.6 is 11.3 Å². The molecular formula is C27H23N3OS. The molecule has 4 nitrogen and oxygen atoms in total. The Labute approximate surface area is 191 Å². The Hall–Kier alpha value is -3.31. The first-order valence-electron chi connectivity index (χ1n) is 10.9. The van der Waals surface area contributed by atoms with Gasteiger partial charge < -0.3 is 5.32 Å². The lowest BCUT2D eigenvalue weighted by molar-refractivity contribution is -0.118. The number of hydrogen-bond donors (Lipinski definition) is 1. The number of hydrogen-bond acceptors (Lipinski definition) is 5. The quantitative estimate of drug-likeness (QED) is 0.386. The predicted molar refractivity (Wildman–Crippen MR) is 130 cm³/mol. The lowest BCUT2D eigenvalue weighted by atomic mass is 9.69. The third kappa shape index (κ3) is 3.07. The van der Waals surface area contributed by atoms with E-state index in [1.54, 1.807) is 23.7 Å². The molecule has 2 aliphatic rings. The van der Waals surface area contributed by atoms with Gasteiger partial charge in [0.15, 0.2) is 5.78 Å². The van der Waals surface area contributed by atoms with Crippen LogP contribution in [0.5, 0.6) is 0 Å². The van der Waals surface area contributed by atoms with Crippen LogP contribution in [-0.4, -0.2) is 15.8 Å². The van der Waals surface area contributed by atoms with E-state index in [4.69, 9.17) is 4.98 Å². The Balaban J connectivity index is 1.59. The summed E-state index contributed by atoms with van der Waals surface area (Å²) in [6.45, 7) is 4.34. The second-order valence-corrected chi connectivity index (χ2v) is 10.4. The summed E-state index contributed by atoms with van der Waals surface area (Å²) in [6.07, 6.45) is 4.88. The van der Waals surface area contributed by atoms with Crippen LogP contribution in [0.25, 0.3) is 22.2 Å². The summed E-state index contributed by atoms with van der Waals surface area (Å²) in [5.41, 5.74) is 8.08. The molecule has 2 aromatic carbocycles. The molecule has 4 aromatic rings. The van der Waals surface area contributed by atoms with Gasteiger partial charge in [0.1, 0.15) is 0 Å². The zero-order chi connectivity index (χ0) is 21.9. The van der Waals surface area contributed by atoms with Gasteiger partial charge in [-0.05, 0) is 46.5 Å². The van der Waals surface area contributed by atoms with Crippen LogP contribution in [0.4, 0.5) is 5.69 Å². The topological polar surface area (TPSA) is 54.9 Å². The summed E-state index contributed by atoms with van der Waals surface area (Å²) in [6, 6.07) is 16.7. The molecular weight excluding hydrogens is 414 g/mol. The van der Waals surface area contributed by atoms with Crippen molar-refractivity contribution in [2.75, 3.05) is 5.32 Å². The van der Waals surface area contributed by atoms with Crippen molar-refractivity contribution < 1.29 is 4.79 Å². The first kappa shape index (κ1) is 19.4. The Morgan fingerprint density at radius 3 is 2.66 bits per heavy atom. The Bertz CT molecular complexity index is 1400. The Morgan fingerprint density at radius 1 is 1.00 bits per heavy atom. The summed E-state index contributed by atoms with van der Waals surface area (Å²) in [5.74, 6) is 0.0997. The number of carbonyl (C=O) groups excluding carboxylic acids is 1. The molecule has 0 saturated carbocycles. The highest BCUT2D eigenvalue weighted by atomic mass is 32.1. The van der Waals surface area contributed by atoms with Gasteiger partial charge >= 0.3 is 0 Å². The summed E-state index contributed by atoms with van der Waals surface area (Å²) < 4.78 is 0. The SMILES string of the molecule is CC1(C)CC(=O)C2=C(C1)Nc1ccc3nccnc3c1C2c1cc(-c2ccccc2)cs1. The number of Topliss-reactive ketones (excluding diaryl/α,β-unsaturated/α-hetero) is 1. The van der Waals surface area contributed by atoms with E-state index in [0.29, 0.717) is 6.42 Å². The highest BCUT2D eigenvalue weighted by molar-refractivity contribution is 7.10. The maximum atomic E-state index is 13.5. The fourth-order valence-corrected chi connectivity index (χ4v) is 6.15. The van der Waals surface area contributed by atoms with E-state index in [-0.39, 0.29) is 17.1 Å². The fourth-order valence-electron chi connectivity index (χ4n) is 5.12. The van der Waals surface area contributed by atoms with Crippen molar-refractivity contribution in [1.29, 1.82) is 0 Å². The number of aromatic nitrogens is 2. The summed E-state index contributed by atoms with van der Waals surface area (Å²) >= 11 is 1.72. The summed E-state index contributed by atoms with van der Waals surface area (Å²) in [5, 5.41) is 5.81. The van der Waals surface area contributed by atoms with Gasteiger partial charge in [0.05, 0.1) is 17.0 Å². The van der Waals surface area contributed by atoms with Gasteiger partial charge in [-0.25, -0.2) is 0 Å². The third-order valence-electron chi connectivity index (χ3n) is 6.47. The van der Waals surface area contributed by atoms with Crippen LogP contribution in [0.3, 0.4) is 0 Å². The maximum Gasteiger partial charge on any atom is 0.162 e.